The minimum Gasteiger partial charge on any atom is -0.456 e. The summed E-state index contributed by atoms with van der Waals surface area (Å²) in [6, 6.07) is 59.4. The molecule has 0 aliphatic rings. The minimum absolute atomic E-state index is 0.579. The number of hydrogen-bond donors (Lipinski definition) is 0. The van der Waals surface area contributed by atoms with Crippen molar-refractivity contribution in [2.75, 3.05) is 4.90 Å². The van der Waals surface area contributed by atoms with Gasteiger partial charge in [-0.2, -0.15) is 0 Å². The highest BCUT2D eigenvalue weighted by Crippen LogP contribution is 2.43. The minimum atomic E-state index is 0.579. The molecular formula is C45H28N2O2. The lowest BCUT2D eigenvalue weighted by molar-refractivity contribution is 0.620. The van der Waals surface area contributed by atoms with Gasteiger partial charge in [0.15, 0.2) is 5.58 Å². The molecule has 2 aromatic heterocycles. The van der Waals surface area contributed by atoms with E-state index in [1.807, 2.05) is 36.4 Å². The Kier molecular flexibility index (Phi) is 6.15. The SMILES string of the molecule is c1ccc2cc(N(c3ccc(-c4cccc5ccccc45)cc3)c3ccc4oc5cccc(-c6nc7ccccc7o6)c5c4c3)ccc2c1. The Morgan fingerprint density at radius 2 is 1.08 bits per heavy atom. The standard InChI is InChI=1S/C45H28N2O2/c1-2-11-32-27-34(24-19-29(32)9-1)47(33-22-20-31(21-23-33)37-14-7-12-30-10-3-4-13-36(30)37)35-25-26-41-39(28-35)44-38(15-8-18-43(44)48-41)45-46-40-16-5-6-17-42(40)49-45/h1-28H. The number of rotatable bonds is 5. The Balaban J connectivity index is 1.15. The van der Waals surface area contributed by atoms with Crippen molar-refractivity contribution in [3.63, 3.8) is 0 Å². The number of furan rings is 1. The quantitative estimate of drug-likeness (QED) is 0.190. The summed E-state index contributed by atoms with van der Waals surface area (Å²) in [5.41, 5.74) is 9.66. The van der Waals surface area contributed by atoms with Gasteiger partial charge in [-0.1, -0.05) is 103 Å². The maximum atomic E-state index is 6.40. The van der Waals surface area contributed by atoms with Crippen molar-refractivity contribution in [2.24, 2.45) is 0 Å². The van der Waals surface area contributed by atoms with Crippen molar-refractivity contribution in [2.45, 2.75) is 0 Å². The number of anilines is 3. The summed E-state index contributed by atoms with van der Waals surface area (Å²) >= 11 is 0. The zero-order valence-corrected chi connectivity index (χ0v) is 26.4. The van der Waals surface area contributed by atoms with E-state index in [2.05, 4.69) is 138 Å². The van der Waals surface area contributed by atoms with Gasteiger partial charge in [-0.3, -0.25) is 0 Å². The predicted octanol–water partition coefficient (Wildman–Crippen LogP) is 12.8. The van der Waals surface area contributed by atoms with Crippen molar-refractivity contribution < 1.29 is 8.83 Å². The molecule has 0 amide bonds. The van der Waals surface area contributed by atoms with E-state index in [0.29, 0.717) is 5.89 Å². The number of fused-ring (bicyclic) bond motifs is 6. The Morgan fingerprint density at radius 3 is 1.98 bits per heavy atom. The van der Waals surface area contributed by atoms with Crippen LogP contribution in [-0.4, -0.2) is 4.98 Å². The number of hydrogen-bond acceptors (Lipinski definition) is 4. The molecule has 0 bridgehead atoms. The van der Waals surface area contributed by atoms with E-state index < -0.39 is 0 Å². The van der Waals surface area contributed by atoms with Crippen molar-refractivity contribution >= 4 is 71.6 Å². The first-order chi connectivity index (χ1) is 24.3. The van der Waals surface area contributed by atoms with Gasteiger partial charge in [-0.15, -0.1) is 0 Å². The van der Waals surface area contributed by atoms with Gasteiger partial charge in [-0.05, 0) is 99.4 Å². The van der Waals surface area contributed by atoms with Crippen LogP contribution in [0.4, 0.5) is 17.1 Å². The van der Waals surface area contributed by atoms with Crippen LogP contribution in [0, 0.1) is 0 Å². The zero-order valence-electron chi connectivity index (χ0n) is 26.4. The molecule has 0 saturated carbocycles. The van der Waals surface area contributed by atoms with Crippen molar-refractivity contribution in [3.8, 4) is 22.6 Å². The fourth-order valence-corrected chi connectivity index (χ4v) is 7.15. The third kappa shape index (κ3) is 4.57. The molecule has 10 aromatic rings. The monoisotopic (exact) mass is 628 g/mol. The molecule has 0 radical (unpaired) electrons. The van der Waals surface area contributed by atoms with E-state index >= 15 is 0 Å². The molecule has 4 heteroatoms. The van der Waals surface area contributed by atoms with Crippen LogP contribution in [0.5, 0.6) is 0 Å². The second-order valence-electron chi connectivity index (χ2n) is 12.4. The molecule has 10 rings (SSSR count). The molecule has 0 atom stereocenters. The molecular weight excluding hydrogens is 601 g/mol. The van der Waals surface area contributed by atoms with Crippen LogP contribution in [0.1, 0.15) is 0 Å². The molecule has 8 aromatic carbocycles. The summed E-state index contributed by atoms with van der Waals surface area (Å²) in [6.07, 6.45) is 0. The van der Waals surface area contributed by atoms with E-state index in [0.717, 1.165) is 55.7 Å². The number of benzene rings is 8. The number of aromatic nitrogens is 1. The first-order valence-electron chi connectivity index (χ1n) is 16.5. The van der Waals surface area contributed by atoms with E-state index in [4.69, 9.17) is 13.8 Å². The summed E-state index contributed by atoms with van der Waals surface area (Å²) in [7, 11) is 0. The van der Waals surface area contributed by atoms with E-state index in [1.54, 1.807) is 0 Å². The Bertz CT molecular complexity index is 2810. The summed E-state index contributed by atoms with van der Waals surface area (Å²) in [6.45, 7) is 0. The van der Waals surface area contributed by atoms with Crippen molar-refractivity contribution in [1.29, 1.82) is 0 Å². The Hall–Kier alpha value is -6.65. The third-order valence-electron chi connectivity index (χ3n) is 9.48. The smallest absolute Gasteiger partial charge is 0.228 e. The molecule has 0 aliphatic heterocycles. The van der Waals surface area contributed by atoms with Crippen LogP contribution in [0.2, 0.25) is 0 Å². The summed E-state index contributed by atoms with van der Waals surface area (Å²) < 4.78 is 12.7. The highest BCUT2D eigenvalue weighted by atomic mass is 16.3. The fraction of sp³-hybridized carbons (Fsp3) is 0. The fourth-order valence-electron chi connectivity index (χ4n) is 7.15. The van der Waals surface area contributed by atoms with E-state index in [-0.39, 0.29) is 0 Å². The number of para-hydroxylation sites is 2. The molecule has 0 unspecified atom stereocenters. The van der Waals surface area contributed by atoms with Crippen LogP contribution in [0.25, 0.3) is 77.2 Å². The lowest BCUT2D eigenvalue weighted by Gasteiger charge is -2.26. The Morgan fingerprint density at radius 1 is 0.408 bits per heavy atom. The molecule has 0 N–H and O–H groups in total. The average molecular weight is 629 g/mol. The van der Waals surface area contributed by atoms with Gasteiger partial charge in [0.1, 0.15) is 16.7 Å². The van der Waals surface area contributed by atoms with Gasteiger partial charge < -0.3 is 13.7 Å². The lowest BCUT2D eigenvalue weighted by atomic mass is 9.98. The van der Waals surface area contributed by atoms with Crippen molar-refractivity contribution in [3.05, 3.63) is 170 Å². The first-order valence-corrected chi connectivity index (χ1v) is 16.5. The topological polar surface area (TPSA) is 42.4 Å². The van der Waals surface area contributed by atoms with Crippen LogP contribution >= 0.6 is 0 Å². The average Bonchev–Trinajstić information content (AvgIpc) is 3.77. The van der Waals surface area contributed by atoms with Gasteiger partial charge in [0, 0.05) is 33.4 Å². The van der Waals surface area contributed by atoms with Gasteiger partial charge in [-0.25, -0.2) is 4.98 Å². The predicted molar refractivity (Wildman–Crippen MR) is 202 cm³/mol. The Labute approximate surface area is 282 Å². The summed E-state index contributed by atoms with van der Waals surface area (Å²) in [5.74, 6) is 0.579. The number of oxazole rings is 1. The van der Waals surface area contributed by atoms with Crippen LogP contribution in [0.3, 0.4) is 0 Å². The molecule has 230 valence electrons. The molecule has 0 saturated heterocycles. The van der Waals surface area contributed by atoms with Crippen LogP contribution in [-0.2, 0) is 0 Å². The summed E-state index contributed by atoms with van der Waals surface area (Å²) in [5, 5.41) is 6.86. The third-order valence-corrected chi connectivity index (χ3v) is 9.48. The van der Waals surface area contributed by atoms with Crippen LogP contribution < -0.4 is 4.90 Å². The molecule has 0 aliphatic carbocycles. The zero-order chi connectivity index (χ0) is 32.3. The first kappa shape index (κ1) is 27.5. The maximum Gasteiger partial charge on any atom is 0.228 e. The van der Waals surface area contributed by atoms with Crippen LogP contribution in [0.15, 0.2) is 179 Å². The summed E-state index contributed by atoms with van der Waals surface area (Å²) in [4.78, 5) is 7.15. The van der Waals surface area contributed by atoms with Gasteiger partial charge in [0.2, 0.25) is 5.89 Å². The van der Waals surface area contributed by atoms with Crippen molar-refractivity contribution in [1.82, 2.24) is 4.98 Å². The number of nitrogens with zero attached hydrogens (tertiary/aromatic N) is 2. The van der Waals surface area contributed by atoms with E-state index in [9.17, 15) is 0 Å². The second-order valence-corrected chi connectivity index (χ2v) is 12.4. The normalized spacial score (nSPS) is 11.7. The maximum absolute atomic E-state index is 6.40. The second kappa shape index (κ2) is 11.0. The lowest BCUT2D eigenvalue weighted by Crippen LogP contribution is -2.09. The van der Waals surface area contributed by atoms with Gasteiger partial charge in [0.25, 0.3) is 0 Å². The highest BCUT2D eigenvalue weighted by Gasteiger charge is 2.20. The molecule has 4 nitrogen and oxygen atoms in total. The van der Waals surface area contributed by atoms with Gasteiger partial charge >= 0.3 is 0 Å². The molecule has 0 fully saturated rings. The largest absolute Gasteiger partial charge is 0.456 e. The van der Waals surface area contributed by atoms with E-state index in [1.165, 1.54) is 32.7 Å². The highest BCUT2D eigenvalue weighted by molar-refractivity contribution is 6.13. The molecule has 49 heavy (non-hydrogen) atoms. The molecule has 0 spiro atoms. The van der Waals surface area contributed by atoms with Gasteiger partial charge in [0.05, 0.1) is 0 Å². The molecule has 2 heterocycles.